The number of esters is 1. The largest absolute Gasteiger partial charge is 0.516 e. The number of ether oxygens (including phenoxy) is 4. The summed E-state index contributed by atoms with van der Waals surface area (Å²) in [6.45, 7) is 0.704. The molecule has 8 nitrogen and oxygen atoms in total. The highest BCUT2D eigenvalue weighted by Crippen LogP contribution is 2.39. The predicted molar refractivity (Wildman–Crippen MR) is 218 cm³/mol. The van der Waals surface area contributed by atoms with E-state index < -0.39 is 18.9 Å². The first-order chi connectivity index (χ1) is 24.0. The van der Waals surface area contributed by atoms with E-state index in [0.717, 1.165) is 51.0 Å². The molecular formula is C45H50N2O6. The van der Waals surface area contributed by atoms with E-state index in [1.54, 1.807) is 25.3 Å². The number of methoxy groups -OCH3 is 1. The van der Waals surface area contributed by atoms with Crippen LogP contribution in [0.15, 0.2) is 158 Å². The number of hydrogen-bond donors (Lipinski definition) is 0. The number of carbonyl (C=O) groups is 2. The molecule has 0 atom stereocenters. The van der Waals surface area contributed by atoms with Crippen molar-refractivity contribution in [2.75, 3.05) is 23.7 Å². The van der Waals surface area contributed by atoms with E-state index in [1.165, 1.54) is 6.92 Å². The summed E-state index contributed by atoms with van der Waals surface area (Å²) in [7, 11) is 1.67. The Kier molecular flexibility index (Phi) is 16.4. The summed E-state index contributed by atoms with van der Waals surface area (Å²) >= 11 is 0. The molecule has 0 N–H and O–H groups in total. The number of carbonyl (C=O) groups excluding carboxylic acids is 2. The monoisotopic (exact) mass is 714 g/mol. The highest BCUT2D eigenvalue weighted by atomic mass is 16.8. The van der Waals surface area contributed by atoms with Crippen LogP contribution >= 0.6 is 0 Å². The second kappa shape index (κ2) is 20.3. The Hall–Kier alpha value is -6.54. The van der Waals surface area contributed by atoms with Crippen molar-refractivity contribution in [2.24, 2.45) is 0 Å². The summed E-state index contributed by atoms with van der Waals surface area (Å²) in [5.41, 5.74) is 7.80. The van der Waals surface area contributed by atoms with Crippen molar-refractivity contribution in [3.8, 4) is 22.6 Å². The van der Waals surface area contributed by atoms with Crippen LogP contribution in [0.4, 0.5) is 38.9 Å². The molecule has 8 heteroatoms. The number of nitrogens with zero attached hydrogens (tertiary/aromatic N) is 2. The van der Waals surface area contributed by atoms with Crippen LogP contribution in [-0.2, 0) is 14.3 Å². The first-order valence-electron chi connectivity index (χ1n) is 15.6. The molecule has 0 unspecified atom stereocenters. The number of benzene rings is 6. The highest BCUT2D eigenvalue weighted by molar-refractivity contribution is 5.81. The Morgan fingerprint density at radius 2 is 0.868 bits per heavy atom. The summed E-state index contributed by atoms with van der Waals surface area (Å²) in [6, 6.07) is 52.1. The Morgan fingerprint density at radius 3 is 1.30 bits per heavy atom. The quantitative estimate of drug-likeness (QED) is 0.0745. The first-order valence-corrected chi connectivity index (χ1v) is 15.6. The fraction of sp³-hybridized carbons (Fsp3) is 0.156. The minimum atomic E-state index is -0.976. The average molecular weight is 715 g/mol. The SMILES string of the molecule is C.C.C.C.COc1cccc(N(c2ccccc2)c2ccc(-c3ccc(N(c4ccccc4)c4cccc(OC(=O)OCOC(C)=O)c4)cc3)cc2)c1. The van der Waals surface area contributed by atoms with Crippen molar-refractivity contribution in [1.29, 1.82) is 0 Å². The van der Waals surface area contributed by atoms with Crippen molar-refractivity contribution < 1.29 is 28.5 Å². The lowest BCUT2D eigenvalue weighted by molar-refractivity contribution is -0.149. The topological polar surface area (TPSA) is 77.5 Å². The predicted octanol–water partition coefficient (Wildman–Crippen LogP) is 12.9. The van der Waals surface area contributed by atoms with Gasteiger partial charge in [0, 0.05) is 53.2 Å². The molecule has 0 spiro atoms. The van der Waals surface area contributed by atoms with Crippen LogP contribution in [0, 0.1) is 0 Å². The van der Waals surface area contributed by atoms with E-state index in [1.807, 2.05) is 72.8 Å². The molecule has 53 heavy (non-hydrogen) atoms. The van der Waals surface area contributed by atoms with Gasteiger partial charge in [-0.1, -0.05) is 103 Å². The van der Waals surface area contributed by atoms with Gasteiger partial charge >= 0.3 is 12.1 Å². The van der Waals surface area contributed by atoms with Gasteiger partial charge in [0.05, 0.1) is 7.11 Å². The third-order valence-corrected chi connectivity index (χ3v) is 7.64. The van der Waals surface area contributed by atoms with Crippen LogP contribution in [0.3, 0.4) is 0 Å². The molecule has 0 aliphatic heterocycles. The number of rotatable bonds is 11. The molecule has 0 bridgehead atoms. The second-order valence-electron chi connectivity index (χ2n) is 10.9. The molecule has 0 heterocycles. The third kappa shape index (κ3) is 10.7. The minimum absolute atomic E-state index is 0. The van der Waals surface area contributed by atoms with Gasteiger partial charge in [-0.2, -0.15) is 0 Å². The second-order valence-corrected chi connectivity index (χ2v) is 10.9. The normalized spacial score (nSPS) is 9.70. The number of para-hydroxylation sites is 2. The summed E-state index contributed by atoms with van der Waals surface area (Å²) in [4.78, 5) is 27.4. The molecule has 6 aromatic carbocycles. The maximum atomic E-state index is 12.2. The molecule has 0 aromatic heterocycles. The zero-order valence-electron chi connectivity index (χ0n) is 27.1. The van der Waals surface area contributed by atoms with Crippen LogP contribution in [-0.4, -0.2) is 26.0 Å². The van der Waals surface area contributed by atoms with Gasteiger partial charge in [0.25, 0.3) is 0 Å². The zero-order valence-corrected chi connectivity index (χ0v) is 27.1. The van der Waals surface area contributed by atoms with E-state index in [2.05, 4.69) is 81.3 Å². The van der Waals surface area contributed by atoms with E-state index in [4.69, 9.17) is 14.2 Å². The molecule has 276 valence electrons. The Morgan fingerprint density at radius 1 is 0.472 bits per heavy atom. The number of hydrogen-bond acceptors (Lipinski definition) is 8. The van der Waals surface area contributed by atoms with E-state index in [0.29, 0.717) is 0 Å². The Bertz CT molecular complexity index is 2000. The maximum absolute atomic E-state index is 12.2. The fourth-order valence-corrected chi connectivity index (χ4v) is 5.38. The van der Waals surface area contributed by atoms with Crippen molar-refractivity contribution in [1.82, 2.24) is 0 Å². The van der Waals surface area contributed by atoms with E-state index in [9.17, 15) is 9.59 Å². The summed E-state index contributed by atoms with van der Waals surface area (Å²) < 4.78 is 20.3. The van der Waals surface area contributed by atoms with Crippen molar-refractivity contribution >= 4 is 46.2 Å². The molecule has 0 radical (unpaired) electrons. The molecule has 0 aliphatic rings. The van der Waals surface area contributed by atoms with Gasteiger partial charge in [-0.05, 0) is 83.9 Å². The zero-order chi connectivity index (χ0) is 34.0. The van der Waals surface area contributed by atoms with Gasteiger partial charge in [0.2, 0.25) is 6.79 Å². The summed E-state index contributed by atoms with van der Waals surface area (Å²) in [6.07, 6.45) is -0.976. The van der Waals surface area contributed by atoms with E-state index in [-0.39, 0.29) is 35.5 Å². The number of anilines is 6. The molecular weight excluding hydrogens is 665 g/mol. The molecule has 0 saturated carbocycles. The lowest BCUT2D eigenvalue weighted by Crippen LogP contribution is -2.15. The van der Waals surface area contributed by atoms with Crippen LogP contribution in [0.1, 0.15) is 36.6 Å². The molecule has 0 aliphatic carbocycles. The standard InChI is InChI=1S/C41H34N2O6.4CH4/c1-30(44)47-29-48-41(45)49-40-18-10-16-38(28-40)43(34-13-7-4-8-14-34)36-25-21-32(22-26-36)31-19-23-35(24-20-31)42(33-11-5-3-6-12-33)37-15-9-17-39(27-37)46-2;;;;/h3-28H,29H2,1-2H3;4*1H4. The van der Waals surface area contributed by atoms with E-state index >= 15 is 0 Å². The molecule has 0 saturated heterocycles. The van der Waals surface area contributed by atoms with Crippen LogP contribution in [0.25, 0.3) is 11.1 Å². The van der Waals surface area contributed by atoms with Gasteiger partial charge < -0.3 is 28.7 Å². The van der Waals surface area contributed by atoms with Gasteiger partial charge in [-0.15, -0.1) is 0 Å². The lowest BCUT2D eigenvalue weighted by atomic mass is 10.0. The first kappa shape index (κ1) is 42.6. The van der Waals surface area contributed by atoms with Gasteiger partial charge in [-0.3, -0.25) is 4.79 Å². The smallest absolute Gasteiger partial charge is 0.497 e. The fourth-order valence-electron chi connectivity index (χ4n) is 5.38. The Balaban J connectivity index is 0.00000243. The van der Waals surface area contributed by atoms with Crippen molar-refractivity contribution in [2.45, 2.75) is 36.6 Å². The molecule has 0 fully saturated rings. The van der Waals surface area contributed by atoms with Crippen molar-refractivity contribution in [3.05, 3.63) is 158 Å². The third-order valence-electron chi connectivity index (χ3n) is 7.64. The van der Waals surface area contributed by atoms with Crippen LogP contribution < -0.4 is 19.3 Å². The van der Waals surface area contributed by atoms with Gasteiger partial charge in [0.1, 0.15) is 11.5 Å². The van der Waals surface area contributed by atoms with Crippen LogP contribution in [0.2, 0.25) is 0 Å². The van der Waals surface area contributed by atoms with Gasteiger partial charge in [-0.25, -0.2) is 4.79 Å². The average Bonchev–Trinajstić information content (AvgIpc) is 3.13. The van der Waals surface area contributed by atoms with Crippen molar-refractivity contribution in [3.63, 3.8) is 0 Å². The highest BCUT2D eigenvalue weighted by Gasteiger charge is 2.16. The summed E-state index contributed by atoms with van der Waals surface area (Å²) in [5.74, 6) is 0.509. The molecule has 6 rings (SSSR count). The van der Waals surface area contributed by atoms with Gasteiger partial charge in [0.15, 0.2) is 0 Å². The molecule has 6 aromatic rings. The lowest BCUT2D eigenvalue weighted by Gasteiger charge is -2.26. The van der Waals surface area contributed by atoms with Crippen LogP contribution in [0.5, 0.6) is 11.5 Å². The minimum Gasteiger partial charge on any atom is -0.497 e. The molecule has 0 amide bonds. The Labute approximate surface area is 314 Å². The summed E-state index contributed by atoms with van der Waals surface area (Å²) in [5, 5.41) is 0. The maximum Gasteiger partial charge on any atom is 0.516 e.